The van der Waals surface area contributed by atoms with Crippen LogP contribution in [0.25, 0.3) is 22.0 Å². The SMILES string of the molecule is Cc1c(-c2ccc(C(C)(C)C)cc2)ccc2nn(C(CC(C)C)c3ccc(C(=O)NCCC(=O)O)cc3)cc12. The first-order chi connectivity index (χ1) is 18.4. The zero-order chi connectivity index (χ0) is 28.3. The van der Waals surface area contributed by atoms with Crippen LogP contribution in [0.5, 0.6) is 0 Å². The summed E-state index contributed by atoms with van der Waals surface area (Å²) in [6, 6.07) is 20.7. The molecular weight excluding hydrogens is 486 g/mol. The zero-order valence-corrected chi connectivity index (χ0v) is 23.8. The van der Waals surface area contributed by atoms with E-state index in [-0.39, 0.29) is 30.3 Å². The molecule has 0 saturated heterocycles. The lowest BCUT2D eigenvalue weighted by atomic mass is 9.86. The maximum Gasteiger partial charge on any atom is 0.305 e. The van der Waals surface area contributed by atoms with Crippen LogP contribution < -0.4 is 5.32 Å². The fraction of sp³-hybridized carbons (Fsp3) is 0.364. The highest BCUT2D eigenvalue weighted by atomic mass is 16.4. The van der Waals surface area contributed by atoms with Gasteiger partial charge >= 0.3 is 5.97 Å². The van der Waals surface area contributed by atoms with E-state index in [0.717, 1.165) is 22.9 Å². The molecule has 1 aromatic heterocycles. The summed E-state index contributed by atoms with van der Waals surface area (Å²) in [6.45, 7) is 13.4. The molecule has 0 spiro atoms. The molecule has 4 rings (SSSR count). The fourth-order valence-electron chi connectivity index (χ4n) is 4.96. The Bertz CT molecular complexity index is 1460. The summed E-state index contributed by atoms with van der Waals surface area (Å²) in [5, 5.41) is 17.6. The molecule has 0 aliphatic heterocycles. The predicted octanol–water partition coefficient (Wildman–Crippen LogP) is 7.15. The Labute approximate surface area is 231 Å². The number of fused-ring (bicyclic) bond motifs is 1. The molecule has 0 radical (unpaired) electrons. The van der Waals surface area contributed by atoms with Crippen molar-refractivity contribution in [3.63, 3.8) is 0 Å². The maximum absolute atomic E-state index is 12.4. The number of carboxylic acids is 1. The lowest BCUT2D eigenvalue weighted by Gasteiger charge is -2.20. The number of rotatable bonds is 9. The highest BCUT2D eigenvalue weighted by molar-refractivity contribution is 5.94. The van der Waals surface area contributed by atoms with Gasteiger partial charge in [0.1, 0.15) is 0 Å². The Balaban J connectivity index is 1.63. The van der Waals surface area contributed by atoms with Gasteiger partial charge in [-0.25, -0.2) is 0 Å². The number of carbonyl (C=O) groups is 2. The van der Waals surface area contributed by atoms with E-state index in [4.69, 9.17) is 10.2 Å². The van der Waals surface area contributed by atoms with E-state index in [0.29, 0.717) is 11.5 Å². The van der Waals surface area contributed by atoms with Crippen molar-refractivity contribution in [2.24, 2.45) is 5.92 Å². The van der Waals surface area contributed by atoms with Crippen molar-refractivity contribution in [3.05, 3.63) is 89.1 Å². The molecule has 204 valence electrons. The molecule has 1 unspecified atom stereocenters. The van der Waals surface area contributed by atoms with E-state index in [1.807, 2.05) is 12.1 Å². The Kier molecular flexibility index (Phi) is 8.24. The van der Waals surface area contributed by atoms with Gasteiger partial charge in [-0.15, -0.1) is 0 Å². The van der Waals surface area contributed by atoms with Gasteiger partial charge in [0, 0.05) is 23.7 Å². The number of aromatic nitrogens is 2. The van der Waals surface area contributed by atoms with Gasteiger partial charge in [0.15, 0.2) is 0 Å². The molecule has 1 atom stereocenters. The number of amides is 1. The van der Waals surface area contributed by atoms with Gasteiger partial charge in [-0.2, -0.15) is 5.10 Å². The number of nitrogens with one attached hydrogen (secondary N) is 1. The van der Waals surface area contributed by atoms with Crippen LogP contribution in [0.1, 0.15) is 80.6 Å². The highest BCUT2D eigenvalue weighted by Gasteiger charge is 2.20. The average Bonchev–Trinajstić information content (AvgIpc) is 3.32. The highest BCUT2D eigenvalue weighted by Crippen LogP contribution is 2.33. The Morgan fingerprint density at radius 2 is 1.64 bits per heavy atom. The number of aryl methyl sites for hydroxylation is 1. The van der Waals surface area contributed by atoms with Crippen molar-refractivity contribution in [1.29, 1.82) is 0 Å². The molecule has 1 amide bonds. The van der Waals surface area contributed by atoms with Crippen LogP contribution in [-0.2, 0) is 10.2 Å². The fourth-order valence-corrected chi connectivity index (χ4v) is 4.96. The van der Waals surface area contributed by atoms with E-state index < -0.39 is 5.97 Å². The van der Waals surface area contributed by atoms with Crippen molar-refractivity contribution in [2.45, 2.75) is 65.8 Å². The normalized spacial score (nSPS) is 12.6. The van der Waals surface area contributed by atoms with Crippen molar-refractivity contribution >= 4 is 22.8 Å². The van der Waals surface area contributed by atoms with Crippen molar-refractivity contribution in [1.82, 2.24) is 15.1 Å². The van der Waals surface area contributed by atoms with Crippen LogP contribution >= 0.6 is 0 Å². The molecular formula is C33H39N3O3. The summed E-state index contributed by atoms with van der Waals surface area (Å²) < 4.78 is 2.06. The molecule has 2 N–H and O–H groups in total. The third kappa shape index (κ3) is 6.56. The Hall–Kier alpha value is -3.93. The largest absolute Gasteiger partial charge is 0.481 e. The number of carbonyl (C=O) groups excluding carboxylic acids is 1. The third-order valence-electron chi connectivity index (χ3n) is 7.23. The van der Waals surface area contributed by atoms with Gasteiger partial charge in [-0.3, -0.25) is 14.3 Å². The number of hydrogen-bond acceptors (Lipinski definition) is 3. The van der Waals surface area contributed by atoms with Gasteiger partial charge in [0.05, 0.1) is 18.0 Å². The summed E-state index contributed by atoms with van der Waals surface area (Å²) in [5.41, 5.74) is 7.60. The molecule has 6 heteroatoms. The monoisotopic (exact) mass is 525 g/mol. The van der Waals surface area contributed by atoms with Crippen LogP contribution in [0.3, 0.4) is 0 Å². The van der Waals surface area contributed by atoms with Gasteiger partial charge in [0.25, 0.3) is 5.91 Å². The minimum absolute atomic E-state index is 0.0236. The molecule has 4 aromatic rings. The molecule has 39 heavy (non-hydrogen) atoms. The number of aliphatic carboxylic acids is 1. The van der Waals surface area contributed by atoms with Crippen molar-refractivity contribution in [3.8, 4) is 11.1 Å². The molecule has 0 fully saturated rings. The first-order valence-corrected chi connectivity index (χ1v) is 13.6. The minimum atomic E-state index is -0.936. The number of carboxylic acid groups (broad SMARTS) is 1. The van der Waals surface area contributed by atoms with E-state index in [9.17, 15) is 9.59 Å². The van der Waals surface area contributed by atoms with Gasteiger partial charge in [-0.05, 0) is 70.7 Å². The lowest BCUT2D eigenvalue weighted by Crippen LogP contribution is -2.26. The summed E-state index contributed by atoms with van der Waals surface area (Å²) in [7, 11) is 0. The summed E-state index contributed by atoms with van der Waals surface area (Å²) >= 11 is 0. The van der Waals surface area contributed by atoms with Crippen molar-refractivity contribution < 1.29 is 14.7 Å². The van der Waals surface area contributed by atoms with Crippen LogP contribution in [0, 0.1) is 12.8 Å². The first kappa shape index (κ1) is 28.1. The van der Waals surface area contributed by atoms with Crippen LogP contribution in [0.2, 0.25) is 0 Å². The van der Waals surface area contributed by atoms with Crippen LogP contribution in [-0.4, -0.2) is 33.3 Å². The molecule has 0 saturated carbocycles. The molecule has 0 aliphatic rings. The maximum atomic E-state index is 12.4. The summed E-state index contributed by atoms with van der Waals surface area (Å²) in [6.07, 6.45) is 2.95. The topological polar surface area (TPSA) is 84.2 Å². The first-order valence-electron chi connectivity index (χ1n) is 13.6. The molecule has 1 heterocycles. The Morgan fingerprint density at radius 1 is 0.974 bits per heavy atom. The molecule has 0 aliphatic carbocycles. The lowest BCUT2D eigenvalue weighted by molar-refractivity contribution is -0.136. The second-order valence-electron chi connectivity index (χ2n) is 11.8. The average molecular weight is 526 g/mol. The van der Waals surface area contributed by atoms with Crippen LogP contribution in [0.15, 0.2) is 66.9 Å². The molecule has 0 bridgehead atoms. The van der Waals surface area contributed by atoms with E-state index in [2.05, 4.69) is 94.1 Å². The summed E-state index contributed by atoms with van der Waals surface area (Å²) in [5.74, 6) is -0.763. The number of benzene rings is 3. The van der Waals surface area contributed by atoms with Crippen molar-refractivity contribution in [2.75, 3.05) is 6.54 Å². The quantitative estimate of drug-likeness (QED) is 0.243. The van der Waals surface area contributed by atoms with Gasteiger partial charge < -0.3 is 10.4 Å². The standard InChI is InChI=1S/C33H39N3O3/c1-21(2)19-30(24-7-9-25(10-8-24)32(39)34-18-17-31(37)38)36-20-28-22(3)27(15-16-29(28)35-36)23-11-13-26(14-12-23)33(4,5)6/h7-16,20-21,30H,17-19H2,1-6H3,(H,34,39)(H,37,38). The zero-order valence-electron chi connectivity index (χ0n) is 23.8. The molecule has 3 aromatic carbocycles. The van der Waals surface area contributed by atoms with E-state index in [1.165, 1.54) is 22.3 Å². The third-order valence-corrected chi connectivity index (χ3v) is 7.23. The van der Waals surface area contributed by atoms with E-state index in [1.54, 1.807) is 12.1 Å². The van der Waals surface area contributed by atoms with E-state index >= 15 is 0 Å². The minimum Gasteiger partial charge on any atom is -0.481 e. The Morgan fingerprint density at radius 3 is 2.23 bits per heavy atom. The van der Waals surface area contributed by atoms with Gasteiger partial charge in [0.2, 0.25) is 0 Å². The molecule has 6 nitrogen and oxygen atoms in total. The number of hydrogen-bond donors (Lipinski definition) is 2. The van der Waals surface area contributed by atoms with Crippen LogP contribution in [0.4, 0.5) is 0 Å². The predicted molar refractivity (Wildman–Crippen MR) is 157 cm³/mol. The smallest absolute Gasteiger partial charge is 0.305 e. The summed E-state index contributed by atoms with van der Waals surface area (Å²) in [4.78, 5) is 23.1. The second kappa shape index (κ2) is 11.4. The van der Waals surface area contributed by atoms with Gasteiger partial charge in [-0.1, -0.05) is 77.1 Å². The second-order valence-corrected chi connectivity index (χ2v) is 11.8. The number of nitrogens with zero attached hydrogens (tertiary/aromatic N) is 2.